The van der Waals surface area contributed by atoms with Crippen LogP contribution in [-0.4, -0.2) is 19.2 Å². The van der Waals surface area contributed by atoms with Crippen molar-refractivity contribution in [2.75, 3.05) is 14.2 Å². The number of benzene rings is 2. The Morgan fingerprint density at radius 3 is 2.42 bits per heavy atom. The topological polar surface area (TPSA) is 31.4 Å². The molecule has 0 spiro atoms. The van der Waals surface area contributed by atoms with E-state index in [9.17, 15) is 0 Å². The highest BCUT2D eigenvalue weighted by Gasteiger charge is 2.13. The second-order valence-electron chi connectivity index (χ2n) is 5.81. The molecule has 1 heterocycles. The summed E-state index contributed by atoms with van der Waals surface area (Å²) in [7, 11) is 3.39. The Kier molecular flexibility index (Phi) is 4.86. The highest BCUT2D eigenvalue weighted by Crippen LogP contribution is 2.35. The lowest BCUT2D eigenvalue weighted by atomic mass is 10.0. The van der Waals surface area contributed by atoms with Crippen molar-refractivity contribution in [3.8, 4) is 22.8 Å². The van der Waals surface area contributed by atoms with E-state index in [1.807, 2.05) is 12.1 Å². The first kappa shape index (κ1) is 16.5. The van der Waals surface area contributed by atoms with Gasteiger partial charge in [0.1, 0.15) is 11.5 Å². The number of aryl methyl sites for hydroxylation is 2. The lowest BCUT2D eigenvalue weighted by molar-refractivity contribution is 0.413. The fourth-order valence-corrected chi connectivity index (χ4v) is 3.68. The standard InChI is InChI=1S/C20H21NO2S/c1-13-9-14(2)20(23-4)17(10-13)18-12-24-19(21-18)11-15-5-7-16(22-3)8-6-15/h5-10,12H,11H2,1-4H3. The molecule has 4 heteroatoms. The molecule has 0 radical (unpaired) electrons. The van der Waals surface area contributed by atoms with Crippen LogP contribution in [0.1, 0.15) is 21.7 Å². The van der Waals surface area contributed by atoms with Crippen LogP contribution in [0.2, 0.25) is 0 Å². The minimum Gasteiger partial charge on any atom is -0.497 e. The largest absolute Gasteiger partial charge is 0.497 e. The zero-order valence-electron chi connectivity index (χ0n) is 14.4. The molecule has 0 bridgehead atoms. The molecular weight excluding hydrogens is 318 g/mol. The molecule has 0 unspecified atom stereocenters. The van der Waals surface area contributed by atoms with Gasteiger partial charge in [-0.1, -0.05) is 18.2 Å². The number of methoxy groups -OCH3 is 2. The van der Waals surface area contributed by atoms with Crippen molar-refractivity contribution in [3.63, 3.8) is 0 Å². The molecule has 0 aliphatic heterocycles. The van der Waals surface area contributed by atoms with Crippen molar-refractivity contribution < 1.29 is 9.47 Å². The normalized spacial score (nSPS) is 10.7. The molecular formula is C20H21NO2S. The highest BCUT2D eigenvalue weighted by atomic mass is 32.1. The maximum absolute atomic E-state index is 5.59. The van der Waals surface area contributed by atoms with Crippen LogP contribution in [0.4, 0.5) is 0 Å². The van der Waals surface area contributed by atoms with Crippen molar-refractivity contribution in [2.24, 2.45) is 0 Å². The van der Waals surface area contributed by atoms with Crippen LogP contribution in [0, 0.1) is 13.8 Å². The summed E-state index contributed by atoms with van der Waals surface area (Å²) in [6.07, 6.45) is 0.821. The fourth-order valence-electron chi connectivity index (χ4n) is 2.85. The van der Waals surface area contributed by atoms with Gasteiger partial charge in [0.25, 0.3) is 0 Å². The number of ether oxygens (including phenoxy) is 2. The Balaban J connectivity index is 1.88. The molecule has 0 fully saturated rings. The first-order chi connectivity index (χ1) is 11.6. The Labute approximate surface area is 146 Å². The molecule has 0 saturated carbocycles. The maximum atomic E-state index is 5.59. The Morgan fingerprint density at radius 1 is 1.00 bits per heavy atom. The summed E-state index contributed by atoms with van der Waals surface area (Å²) in [5, 5.41) is 3.20. The van der Waals surface area contributed by atoms with Crippen LogP contribution >= 0.6 is 11.3 Å². The van der Waals surface area contributed by atoms with Gasteiger partial charge in [0, 0.05) is 17.4 Å². The molecule has 24 heavy (non-hydrogen) atoms. The second-order valence-corrected chi connectivity index (χ2v) is 6.76. The van der Waals surface area contributed by atoms with Crippen molar-refractivity contribution >= 4 is 11.3 Å². The van der Waals surface area contributed by atoms with Gasteiger partial charge in [-0.3, -0.25) is 0 Å². The molecule has 0 aliphatic rings. The van der Waals surface area contributed by atoms with Crippen molar-refractivity contribution in [2.45, 2.75) is 20.3 Å². The summed E-state index contributed by atoms with van der Waals surface area (Å²) in [4.78, 5) is 4.82. The van der Waals surface area contributed by atoms with Crippen LogP contribution < -0.4 is 9.47 Å². The molecule has 0 atom stereocenters. The van der Waals surface area contributed by atoms with Gasteiger partial charge in [-0.25, -0.2) is 4.98 Å². The molecule has 2 aromatic carbocycles. The summed E-state index contributed by atoms with van der Waals surface area (Å²) in [5.41, 5.74) is 5.62. The minimum atomic E-state index is 0.821. The van der Waals surface area contributed by atoms with E-state index >= 15 is 0 Å². The molecule has 124 valence electrons. The number of hydrogen-bond acceptors (Lipinski definition) is 4. The van der Waals surface area contributed by atoms with Gasteiger partial charge in [-0.05, 0) is 48.7 Å². The summed E-state index contributed by atoms with van der Waals surface area (Å²) in [6, 6.07) is 12.4. The quantitative estimate of drug-likeness (QED) is 0.653. The van der Waals surface area contributed by atoms with Gasteiger partial charge in [0.15, 0.2) is 0 Å². The molecule has 3 nitrogen and oxygen atoms in total. The van der Waals surface area contributed by atoms with Crippen LogP contribution in [0.5, 0.6) is 11.5 Å². The summed E-state index contributed by atoms with van der Waals surface area (Å²) in [5.74, 6) is 1.78. The van der Waals surface area contributed by atoms with Gasteiger partial charge < -0.3 is 9.47 Å². The first-order valence-corrected chi connectivity index (χ1v) is 8.71. The smallest absolute Gasteiger partial charge is 0.131 e. The number of rotatable bonds is 5. The predicted molar refractivity (Wildman–Crippen MR) is 99.4 cm³/mol. The molecule has 0 N–H and O–H groups in total. The maximum Gasteiger partial charge on any atom is 0.131 e. The third-order valence-corrected chi connectivity index (χ3v) is 4.81. The van der Waals surface area contributed by atoms with E-state index < -0.39 is 0 Å². The van der Waals surface area contributed by atoms with E-state index in [4.69, 9.17) is 14.5 Å². The number of hydrogen-bond donors (Lipinski definition) is 0. The molecule has 0 amide bonds. The Hall–Kier alpha value is -2.33. The monoisotopic (exact) mass is 339 g/mol. The van der Waals surface area contributed by atoms with Crippen LogP contribution in [0.15, 0.2) is 41.8 Å². The SMILES string of the molecule is COc1ccc(Cc2nc(-c3cc(C)cc(C)c3OC)cs2)cc1. The van der Waals surface area contributed by atoms with Gasteiger partial charge in [-0.15, -0.1) is 11.3 Å². The highest BCUT2D eigenvalue weighted by molar-refractivity contribution is 7.10. The average molecular weight is 339 g/mol. The Morgan fingerprint density at radius 2 is 1.75 bits per heavy atom. The van der Waals surface area contributed by atoms with Crippen LogP contribution in [0.25, 0.3) is 11.3 Å². The van der Waals surface area contributed by atoms with Crippen molar-refractivity contribution in [1.29, 1.82) is 0 Å². The summed E-state index contributed by atoms with van der Waals surface area (Å²) in [6.45, 7) is 4.17. The predicted octanol–water partition coefficient (Wildman–Crippen LogP) is 5.03. The van der Waals surface area contributed by atoms with Crippen molar-refractivity contribution in [3.05, 3.63) is 63.5 Å². The average Bonchev–Trinajstić information content (AvgIpc) is 3.03. The molecule has 0 saturated heterocycles. The minimum absolute atomic E-state index is 0.821. The second kappa shape index (κ2) is 7.05. The molecule has 0 aliphatic carbocycles. The lowest BCUT2D eigenvalue weighted by Crippen LogP contribution is -1.94. The van der Waals surface area contributed by atoms with Gasteiger partial charge >= 0.3 is 0 Å². The number of nitrogens with zero attached hydrogens (tertiary/aromatic N) is 1. The van der Waals surface area contributed by atoms with Crippen LogP contribution in [0.3, 0.4) is 0 Å². The van der Waals surface area contributed by atoms with E-state index in [0.717, 1.165) is 39.7 Å². The van der Waals surface area contributed by atoms with E-state index in [-0.39, 0.29) is 0 Å². The number of aromatic nitrogens is 1. The third-order valence-electron chi connectivity index (χ3n) is 3.97. The number of thiazole rings is 1. The lowest BCUT2D eigenvalue weighted by Gasteiger charge is -2.11. The van der Waals surface area contributed by atoms with Gasteiger partial charge in [0.2, 0.25) is 0 Å². The van der Waals surface area contributed by atoms with Crippen LogP contribution in [-0.2, 0) is 6.42 Å². The summed E-state index contributed by atoms with van der Waals surface area (Å²) >= 11 is 1.68. The van der Waals surface area contributed by atoms with Gasteiger partial charge in [-0.2, -0.15) is 0 Å². The molecule has 1 aromatic heterocycles. The summed E-state index contributed by atoms with van der Waals surface area (Å²) < 4.78 is 10.8. The Bertz CT molecular complexity index is 837. The third kappa shape index (κ3) is 3.44. The zero-order valence-corrected chi connectivity index (χ0v) is 15.2. The molecule has 3 aromatic rings. The van der Waals surface area contributed by atoms with E-state index in [2.05, 4.69) is 43.5 Å². The molecule has 3 rings (SSSR count). The fraction of sp³-hybridized carbons (Fsp3) is 0.250. The van der Waals surface area contributed by atoms with E-state index in [1.54, 1.807) is 25.6 Å². The van der Waals surface area contributed by atoms with Gasteiger partial charge in [0.05, 0.1) is 24.9 Å². The van der Waals surface area contributed by atoms with E-state index in [0.29, 0.717) is 0 Å². The first-order valence-electron chi connectivity index (χ1n) is 7.83. The van der Waals surface area contributed by atoms with E-state index in [1.165, 1.54) is 11.1 Å². The zero-order chi connectivity index (χ0) is 17.1. The van der Waals surface area contributed by atoms with Crippen molar-refractivity contribution in [1.82, 2.24) is 4.98 Å².